The normalized spacial score (nSPS) is 24.9. The molecular formula is C15H24N2O2S2. The van der Waals surface area contributed by atoms with E-state index in [1.54, 1.807) is 4.31 Å². The van der Waals surface area contributed by atoms with E-state index < -0.39 is 10.0 Å². The molecule has 1 saturated carbocycles. The van der Waals surface area contributed by atoms with Gasteiger partial charge in [0.1, 0.15) is 4.21 Å². The molecule has 0 spiro atoms. The summed E-state index contributed by atoms with van der Waals surface area (Å²) in [4.78, 5) is 0. The third-order valence-corrected chi connectivity index (χ3v) is 7.73. The molecule has 1 aliphatic carbocycles. The van der Waals surface area contributed by atoms with Gasteiger partial charge in [-0.1, -0.05) is 6.92 Å². The van der Waals surface area contributed by atoms with E-state index >= 15 is 0 Å². The zero-order valence-electron chi connectivity index (χ0n) is 12.5. The summed E-state index contributed by atoms with van der Waals surface area (Å²) < 4.78 is 27.6. The number of thiophene rings is 1. The molecule has 3 rings (SSSR count). The van der Waals surface area contributed by atoms with Gasteiger partial charge in [-0.3, -0.25) is 0 Å². The third kappa shape index (κ3) is 3.86. The van der Waals surface area contributed by atoms with E-state index in [1.807, 2.05) is 11.4 Å². The van der Waals surface area contributed by atoms with Crippen LogP contribution in [-0.4, -0.2) is 31.9 Å². The SMILES string of the molecule is CC1CCCN(S(=O)(=O)c2cc(CNC3CC3)cs2)CC1. The van der Waals surface area contributed by atoms with Gasteiger partial charge in [0, 0.05) is 25.7 Å². The minimum absolute atomic E-state index is 0.504. The highest BCUT2D eigenvalue weighted by atomic mass is 32.2. The number of hydrogen-bond acceptors (Lipinski definition) is 4. The van der Waals surface area contributed by atoms with Crippen molar-refractivity contribution in [2.45, 2.75) is 55.8 Å². The maximum absolute atomic E-state index is 12.7. The average Bonchev–Trinajstić information content (AvgIpc) is 3.20. The van der Waals surface area contributed by atoms with Crippen LogP contribution in [0.2, 0.25) is 0 Å². The number of sulfonamides is 1. The topological polar surface area (TPSA) is 49.4 Å². The minimum atomic E-state index is -3.29. The Balaban J connectivity index is 1.68. The first-order chi connectivity index (χ1) is 10.1. The van der Waals surface area contributed by atoms with Crippen LogP contribution in [0.15, 0.2) is 15.7 Å². The lowest BCUT2D eigenvalue weighted by atomic mass is 10.0. The summed E-state index contributed by atoms with van der Waals surface area (Å²) in [5.74, 6) is 0.631. The van der Waals surface area contributed by atoms with E-state index in [2.05, 4.69) is 12.2 Å². The monoisotopic (exact) mass is 328 g/mol. The van der Waals surface area contributed by atoms with E-state index in [4.69, 9.17) is 0 Å². The van der Waals surface area contributed by atoms with Crippen molar-refractivity contribution in [1.82, 2.24) is 9.62 Å². The van der Waals surface area contributed by atoms with Crippen molar-refractivity contribution in [3.05, 3.63) is 17.0 Å². The van der Waals surface area contributed by atoms with E-state index in [0.717, 1.165) is 31.4 Å². The number of hydrogen-bond donors (Lipinski definition) is 1. The number of rotatable bonds is 5. The van der Waals surface area contributed by atoms with Crippen molar-refractivity contribution in [1.29, 1.82) is 0 Å². The lowest BCUT2D eigenvalue weighted by molar-refractivity contribution is 0.418. The van der Waals surface area contributed by atoms with Crippen LogP contribution in [0.5, 0.6) is 0 Å². The van der Waals surface area contributed by atoms with Crippen LogP contribution in [0.25, 0.3) is 0 Å². The van der Waals surface area contributed by atoms with Crippen molar-refractivity contribution in [3.8, 4) is 0 Å². The maximum Gasteiger partial charge on any atom is 0.252 e. The second-order valence-electron chi connectivity index (χ2n) is 6.37. The highest BCUT2D eigenvalue weighted by molar-refractivity contribution is 7.91. The first-order valence-electron chi connectivity index (χ1n) is 7.86. The van der Waals surface area contributed by atoms with Crippen LogP contribution in [0.3, 0.4) is 0 Å². The standard InChI is InChI=1S/C15H24N2O2S2/c1-12-3-2-7-17(8-6-12)21(18,19)15-9-13(11-20-15)10-16-14-4-5-14/h9,11-12,14,16H,2-8,10H2,1H3. The zero-order chi connectivity index (χ0) is 14.9. The molecule has 4 nitrogen and oxygen atoms in total. The van der Waals surface area contributed by atoms with Crippen LogP contribution < -0.4 is 5.32 Å². The molecule has 118 valence electrons. The Hall–Kier alpha value is -0.430. The van der Waals surface area contributed by atoms with Gasteiger partial charge in [0.25, 0.3) is 10.0 Å². The molecular weight excluding hydrogens is 304 g/mol. The highest BCUT2D eigenvalue weighted by Crippen LogP contribution is 2.28. The smallest absolute Gasteiger partial charge is 0.252 e. The Kier molecular flexibility index (Phi) is 4.69. The van der Waals surface area contributed by atoms with Crippen molar-refractivity contribution >= 4 is 21.4 Å². The molecule has 1 aromatic rings. The Bertz CT molecular complexity index is 578. The van der Waals surface area contributed by atoms with E-state index in [0.29, 0.717) is 29.3 Å². The second-order valence-corrected chi connectivity index (χ2v) is 9.45. The van der Waals surface area contributed by atoms with Crippen LogP contribution in [-0.2, 0) is 16.6 Å². The summed E-state index contributed by atoms with van der Waals surface area (Å²) in [6.07, 6.45) is 5.58. The van der Waals surface area contributed by atoms with Gasteiger partial charge in [-0.05, 0) is 55.0 Å². The molecule has 2 heterocycles. The Morgan fingerprint density at radius 3 is 2.86 bits per heavy atom. The predicted octanol–water partition coefficient (Wildman–Crippen LogP) is 2.81. The fourth-order valence-electron chi connectivity index (χ4n) is 2.74. The molecule has 2 aliphatic rings. The molecule has 2 fully saturated rings. The number of nitrogens with one attached hydrogen (secondary N) is 1. The summed E-state index contributed by atoms with van der Waals surface area (Å²) in [6, 6.07) is 2.50. The van der Waals surface area contributed by atoms with Gasteiger partial charge in [-0.2, -0.15) is 4.31 Å². The van der Waals surface area contributed by atoms with Gasteiger partial charge in [0.2, 0.25) is 0 Å². The van der Waals surface area contributed by atoms with Gasteiger partial charge in [0.15, 0.2) is 0 Å². The molecule has 0 aromatic carbocycles. The highest BCUT2D eigenvalue weighted by Gasteiger charge is 2.28. The van der Waals surface area contributed by atoms with Gasteiger partial charge in [-0.15, -0.1) is 11.3 Å². The fraction of sp³-hybridized carbons (Fsp3) is 0.733. The molecule has 21 heavy (non-hydrogen) atoms. The molecule has 1 aromatic heterocycles. The second kappa shape index (κ2) is 6.36. The van der Waals surface area contributed by atoms with Crippen molar-refractivity contribution in [2.75, 3.05) is 13.1 Å². The molecule has 1 N–H and O–H groups in total. The summed E-state index contributed by atoms with van der Waals surface area (Å²) in [5.41, 5.74) is 1.09. The van der Waals surface area contributed by atoms with Crippen molar-refractivity contribution in [3.63, 3.8) is 0 Å². The molecule has 0 bridgehead atoms. The summed E-state index contributed by atoms with van der Waals surface area (Å²) >= 11 is 1.36. The first kappa shape index (κ1) is 15.5. The predicted molar refractivity (Wildman–Crippen MR) is 86.0 cm³/mol. The largest absolute Gasteiger partial charge is 0.310 e. The van der Waals surface area contributed by atoms with Gasteiger partial charge in [0.05, 0.1) is 0 Å². The quantitative estimate of drug-likeness (QED) is 0.904. The van der Waals surface area contributed by atoms with E-state index in [9.17, 15) is 8.42 Å². The average molecular weight is 329 g/mol. The van der Waals surface area contributed by atoms with Gasteiger partial charge < -0.3 is 5.32 Å². The Morgan fingerprint density at radius 2 is 2.10 bits per heavy atom. The zero-order valence-corrected chi connectivity index (χ0v) is 14.2. The number of nitrogens with zero attached hydrogens (tertiary/aromatic N) is 1. The molecule has 0 amide bonds. The van der Waals surface area contributed by atoms with Gasteiger partial charge in [-0.25, -0.2) is 8.42 Å². The summed E-state index contributed by atoms with van der Waals surface area (Å²) in [5, 5.41) is 5.41. The molecule has 1 aliphatic heterocycles. The minimum Gasteiger partial charge on any atom is -0.310 e. The van der Waals surface area contributed by atoms with Crippen LogP contribution in [0, 0.1) is 5.92 Å². The van der Waals surface area contributed by atoms with Crippen LogP contribution >= 0.6 is 11.3 Å². The Morgan fingerprint density at radius 1 is 1.29 bits per heavy atom. The summed E-state index contributed by atoms with van der Waals surface area (Å²) in [7, 11) is -3.29. The maximum atomic E-state index is 12.7. The third-order valence-electron chi connectivity index (χ3n) is 4.37. The van der Waals surface area contributed by atoms with Gasteiger partial charge >= 0.3 is 0 Å². The van der Waals surface area contributed by atoms with Crippen molar-refractivity contribution < 1.29 is 8.42 Å². The van der Waals surface area contributed by atoms with E-state index in [-0.39, 0.29) is 0 Å². The lowest BCUT2D eigenvalue weighted by Crippen LogP contribution is -2.31. The van der Waals surface area contributed by atoms with Crippen LogP contribution in [0.1, 0.15) is 44.6 Å². The molecule has 1 unspecified atom stereocenters. The van der Waals surface area contributed by atoms with Crippen LogP contribution in [0.4, 0.5) is 0 Å². The van der Waals surface area contributed by atoms with Crippen molar-refractivity contribution in [2.24, 2.45) is 5.92 Å². The lowest BCUT2D eigenvalue weighted by Gasteiger charge is -2.18. The first-order valence-corrected chi connectivity index (χ1v) is 10.2. The molecule has 0 radical (unpaired) electrons. The summed E-state index contributed by atoms with van der Waals surface area (Å²) in [6.45, 7) is 4.33. The Labute approximate surface area is 131 Å². The fourth-order valence-corrected chi connectivity index (χ4v) is 5.59. The molecule has 6 heteroatoms. The molecule has 1 saturated heterocycles. The molecule has 1 atom stereocenters. The van der Waals surface area contributed by atoms with E-state index in [1.165, 1.54) is 24.2 Å².